The molecule has 1 unspecified atom stereocenters. The predicted molar refractivity (Wildman–Crippen MR) is 118 cm³/mol. The smallest absolute Gasteiger partial charge is 0.212 e. The number of sulfonamides is 1. The lowest BCUT2D eigenvalue weighted by molar-refractivity contribution is 0.255. The summed E-state index contributed by atoms with van der Waals surface area (Å²) in [5, 5.41) is -0.348. The summed E-state index contributed by atoms with van der Waals surface area (Å²) in [6.07, 6.45) is 3.96. The first-order valence-electron chi connectivity index (χ1n) is 10.2. The Morgan fingerprint density at radius 3 is 2.29 bits per heavy atom. The van der Waals surface area contributed by atoms with Gasteiger partial charge in [0.2, 0.25) is 10.0 Å². The zero-order chi connectivity index (χ0) is 19.9. The van der Waals surface area contributed by atoms with Crippen LogP contribution < -0.4 is 0 Å². The van der Waals surface area contributed by atoms with E-state index in [1.165, 1.54) is 22.3 Å². The summed E-state index contributed by atoms with van der Waals surface area (Å²) in [5.41, 5.74) is 5.73. The number of fused-ring (bicyclic) bond motifs is 2. The maximum atomic E-state index is 12.6. The molecule has 0 amide bonds. The van der Waals surface area contributed by atoms with E-state index in [2.05, 4.69) is 58.4 Å². The number of hydrogen-bond acceptors (Lipinski definition) is 2. The molecular formula is C23H28BrNO2S. The largest absolute Gasteiger partial charge is 0.216 e. The van der Waals surface area contributed by atoms with Crippen molar-refractivity contribution in [3.8, 4) is 0 Å². The zero-order valence-electron chi connectivity index (χ0n) is 16.6. The summed E-state index contributed by atoms with van der Waals surface area (Å²) in [7, 11) is -3.16. The average molecular weight is 462 g/mol. The van der Waals surface area contributed by atoms with Gasteiger partial charge in [-0.25, -0.2) is 12.7 Å². The van der Waals surface area contributed by atoms with Crippen LogP contribution in [0, 0.1) is 5.92 Å². The minimum absolute atomic E-state index is 0.343. The van der Waals surface area contributed by atoms with Crippen molar-refractivity contribution >= 4 is 26.0 Å². The SMILES string of the molecule is CC(C)S(=O)(=O)N1CCC(C2c3ccccc3CCc3ccc(Br)cc32)CC1. The van der Waals surface area contributed by atoms with E-state index in [0.717, 1.165) is 30.2 Å². The molecule has 0 spiro atoms. The van der Waals surface area contributed by atoms with Crippen molar-refractivity contribution in [2.24, 2.45) is 5.92 Å². The van der Waals surface area contributed by atoms with Gasteiger partial charge in [0.05, 0.1) is 5.25 Å². The third-order valence-corrected chi connectivity index (χ3v) is 9.19. The van der Waals surface area contributed by atoms with Crippen molar-refractivity contribution in [1.82, 2.24) is 4.31 Å². The van der Waals surface area contributed by atoms with E-state index in [-0.39, 0.29) is 5.25 Å². The van der Waals surface area contributed by atoms with Crippen molar-refractivity contribution in [3.63, 3.8) is 0 Å². The number of rotatable bonds is 3. The highest BCUT2D eigenvalue weighted by molar-refractivity contribution is 9.10. The van der Waals surface area contributed by atoms with Crippen molar-refractivity contribution < 1.29 is 8.42 Å². The van der Waals surface area contributed by atoms with Gasteiger partial charge in [-0.15, -0.1) is 0 Å². The standard InChI is InChI=1S/C23H28BrNO2S/c1-16(2)28(26,27)25-13-11-19(12-14-25)23-21-6-4-3-5-17(21)7-8-18-9-10-20(24)15-22(18)23/h3-6,9-10,15-16,19,23H,7-8,11-14H2,1-2H3. The molecule has 2 aliphatic rings. The van der Waals surface area contributed by atoms with Gasteiger partial charge >= 0.3 is 0 Å². The van der Waals surface area contributed by atoms with Crippen LogP contribution in [0.3, 0.4) is 0 Å². The number of hydrogen-bond donors (Lipinski definition) is 0. The minimum Gasteiger partial charge on any atom is -0.212 e. The molecule has 0 N–H and O–H groups in total. The van der Waals surface area contributed by atoms with E-state index < -0.39 is 10.0 Å². The Labute approximate surface area is 177 Å². The van der Waals surface area contributed by atoms with E-state index in [9.17, 15) is 8.42 Å². The molecule has 150 valence electrons. The molecule has 0 saturated carbocycles. The van der Waals surface area contributed by atoms with Crippen molar-refractivity contribution in [2.45, 2.75) is 50.7 Å². The highest BCUT2D eigenvalue weighted by Gasteiger charge is 2.36. The van der Waals surface area contributed by atoms with Gasteiger partial charge < -0.3 is 0 Å². The topological polar surface area (TPSA) is 37.4 Å². The highest BCUT2D eigenvalue weighted by atomic mass is 79.9. The summed E-state index contributed by atoms with van der Waals surface area (Å²) >= 11 is 3.67. The molecule has 2 aromatic carbocycles. The Morgan fingerprint density at radius 2 is 1.61 bits per heavy atom. The molecule has 1 fully saturated rings. The number of aryl methyl sites for hydroxylation is 2. The van der Waals surface area contributed by atoms with Crippen LogP contribution in [0.25, 0.3) is 0 Å². The number of halogens is 1. The molecule has 4 rings (SSSR count). The highest BCUT2D eigenvalue weighted by Crippen LogP contribution is 2.44. The Hall–Kier alpha value is -1.17. The van der Waals surface area contributed by atoms with Gasteiger partial charge in [-0.3, -0.25) is 0 Å². The summed E-state index contributed by atoms with van der Waals surface area (Å²) in [5.74, 6) is 0.806. The average Bonchev–Trinajstić information content (AvgIpc) is 2.84. The third-order valence-electron chi connectivity index (χ3n) is 6.42. The van der Waals surface area contributed by atoms with Crippen LogP contribution >= 0.6 is 15.9 Å². The van der Waals surface area contributed by atoms with E-state index in [0.29, 0.717) is 24.9 Å². The van der Waals surface area contributed by atoms with E-state index >= 15 is 0 Å². The fourth-order valence-corrected chi connectivity index (χ4v) is 6.55. The molecule has 3 nitrogen and oxygen atoms in total. The van der Waals surface area contributed by atoms with Crippen molar-refractivity contribution in [1.29, 1.82) is 0 Å². The molecule has 0 aromatic heterocycles. The van der Waals surface area contributed by atoms with E-state index in [4.69, 9.17) is 0 Å². The van der Waals surface area contributed by atoms with Gasteiger partial charge in [-0.1, -0.05) is 46.3 Å². The third kappa shape index (κ3) is 3.69. The fraction of sp³-hybridized carbons (Fsp3) is 0.478. The number of piperidine rings is 1. The molecule has 0 bridgehead atoms. The fourth-order valence-electron chi connectivity index (χ4n) is 4.85. The maximum absolute atomic E-state index is 12.6. The first-order chi connectivity index (χ1) is 13.4. The number of nitrogens with zero attached hydrogens (tertiary/aromatic N) is 1. The van der Waals surface area contributed by atoms with Crippen LogP contribution in [0.1, 0.15) is 54.9 Å². The second-order valence-electron chi connectivity index (χ2n) is 8.35. The molecule has 1 saturated heterocycles. The molecular weight excluding hydrogens is 434 g/mol. The lowest BCUT2D eigenvalue weighted by atomic mass is 9.75. The molecule has 2 aromatic rings. The Morgan fingerprint density at radius 1 is 0.964 bits per heavy atom. The molecule has 1 aliphatic carbocycles. The van der Waals surface area contributed by atoms with Crippen molar-refractivity contribution in [3.05, 3.63) is 69.2 Å². The van der Waals surface area contributed by atoms with Crippen molar-refractivity contribution in [2.75, 3.05) is 13.1 Å². The van der Waals surface area contributed by atoms with Crippen LogP contribution in [-0.4, -0.2) is 31.1 Å². The Balaban J connectivity index is 1.69. The second kappa shape index (κ2) is 7.92. The quantitative estimate of drug-likeness (QED) is 0.634. The monoisotopic (exact) mass is 461 g/mol. The minimum atomic E-state index is -3.16. The van der Waals surface area contributed by atoms with E-state index in [1.807, 2.05) is 0 Å². The van der Waals surface area contributed by atoms with Crippen LogP contribution in [0.15, 0.2) is 46.9 Å². The molecule has 1 aliphatic heterocycles. The molecule has 1 atom stereocenters. The van der Waals surface area contributed by atoms with Gasteiger partial charge in [0, 0.05) is 23.5 Å². The zero-order valence-corrected chi connectivity index (χ0v) is 19.0. The van der Waals surface area contributed by atoms with Crippen LogP contribution in [0.2, 0.25) is 0 Å². The summed E-state index contributed by atoms with van der Waals surface area (Å²) < 4.78 is 28.0. The lowest BCUT2D eigenvalue weighted by Gasteiger charge is -2.37. The molecule has 1 heterocycles. The molecule has 5 heteroatoms. The van der Waals surface area contributed by atoms with Gasteiger partial charge in [0.15, 0.2) is 0 Å². The maximum Gasteiger partial charge on any atom is 0.216 e. The first-order valence-corrected chi connectivity index (χ1v) is 12.5. The lowest BCUT2D eigenvalue weighted by Crippen LogP contribution is -2.43. The van der Waals surface area contributed by atoms with Crippen LogP contribution in [0.4, 0.5) is 0 Å². The predicted octanol–water partition coefficient (Wildman–Crippen LogP) is 5.13. The Bertz CT molecular complexity index is 962. The van der Waals surface area contributed by atoms with Gasteiger partial charge in [-0.05, 0) is 79.8 Å². The normalized spacial score (nSPS) is 21.2. The summed E-state index contributed by atoms with van der Waals surface area (Å²) in [4.78, 5) is 0. The summed E-state index contributed by atoms with van der Waals surface area (Å²) in [6, 6.07) is 15.5. The molecule has 0 radical (unpaired) electrons. The van der Waals surface area contributed by atoms with Gasteiger partial charge in [0.1, 0.15) is 0 Å². The summed E-state index contributed by atoms with van der Waals surface area (Å²) in [6.45, 7) is 4.81. The molecule has 28 heavy (non-hydrogen) atoms. The van der Waals surface area contributed by atoms with Crippen LogP contribution in [-0.2, 0) is 22.9 Å². The van der Waals surface area contributed by atoms with Gasteiger partial charge in [0.25, 0.3) is 0 Å². The number of benzene rings is 2. The van der Waals surface area contributed by atoms with E-state index in [1.54, 1.807) is 18.2 Å². The first kappa shape index (κ1) is 20.1. The Kier molecular flexibility index (Phi) is 5.69. The van der Waals surface area contributed by atoms with Gasteiger partial charge in [-0.2, -0.15) is 0 Å². The van der Waals surface area contributed by atoms with Crippen LogP contribution in [0.5, 0.6) is 0 Å². The second-order valence-corrected chi connectivity index (χ2v) is 11.8.